The molecular weight excluding hydrogens is 246 g/mol. The van der Waals surface area contributed by atoms with Gasteiger partial charge in [-0.2, -0.15) is 0 Å². The van der Waals surface area contributed by atoms with Crippen LogP contribution in [0.4, 0.5) is 11.4 Å². The molecule has 6 nitrogen and oxygen atoms in total. The maximum absolute atomic E-state index is 11.4. The van der Waals surface area contributed by atoms with Crippen LogP contribution in [0, 0.1) is 10.1 Å². The van der Waals surface area contributed by atoms with Crippen LogP contribution >= 0.6 is 12.4 Å². The summed E-state index contributed by atoms with van der Waals surface area (Å²) >= 11 is 0. The Bertz CT molecular complexity index is 412. The van der Waals surface area contributed by atoms with Crippen LogP contribution in [0.1, 0.15) is 13.3 Å². The van der Waals surface area contributed by atoms with E-state index in [9.17, 15) is 14.9 Å². The third kappa shape index (κ3) is 4.38. The van der Waals surface area contributed by atoms with E-state index < -0.39 is 11.0 Å². The number of benzene rings is 1. The van der Waals surface area contributed by atoms with Crippen LogP contribution in [0.5, 0.6) is 0 Å². The minimum atomic E-state index is -0.598. The number of nitrogens with one attached hydrogen (secondary N) is 1. The predicted molar refractivity (Wildman–Crippen MR) is 67.2 cm³/mol. The van der Waals surface area contributed by atoms with Crippen molar-refractivity contribution in [3.05, 3.63) is 34.4 Å². The predicted octanol–water partition coefficient (Wildman–Crippen LogP) is 1.69. The smallest absolute Gasteiger partial charge is 0.271 e. The van der Waals surface area contributed by atoms with Crippen molar-refractivity contribution in [1.82, 2.24) is 0 Å². The Hall–Kier alpha value is -1.66. The largest absolute Gasteiger partial charge is 0.324 e. The summed E-state index contributed by atoms with van der Waals surface area (Å²) in [5.41, 5.74) is 5.83. The van der Waals surface area contributed by atoms with Crippen LogP contribution in [0.25, 0.3) is 0 Å². The minimum Gasteiger partial charge on any atom is -0.324 e. The number of hydrogen-bond acceptors (Lipinski definition) is 4. The molecule has 3 N–H and O–H groups in total. The highest BCUT2D eigenvalue weighted by molar-refractivity contribution is 5.94. The first-order valence-corrected chi connectivity index (χ1v) is 4.85. The Labute approximate surface area is 105 Å². The van der Waals surface area contributed by atoms with E-state index in [2.05, 4.69) is 5.32 Å². The molecule has 0 radical (unpaired) electrons. The molecule has 94 valence electrons. The molecule has 1 atom stereocenters. The summed E-state index contributed by atoms with van der Waals surface area (Å²) < 4.78 is 0. The number of amides is 1. The fourth-order valence-corrected chi connectivity index (χ4v) is 1.12. The molecule has 0 spiro atoms. The van der Waals surface area contributed by atoms with Gasteiger partial charge in [-0.15, -0.1) is 12.4 Å². The summed E-state index contributed by atoms with van der Waals surface area (Å²) in [6.07, 6.45) is 0.515. The molecule has 0 fully saturated rings. The van der Waals surface area contributed by atoms with Gasteiger partial charge in [-0.3, -0.25) is 14.9 Å². The van der Waals surface area contributed by atoms with Gasteiger partial charge in [-0.1, -0.05) is 13.0 Å². The van der Waals surface area contributed by atoms with Crippen LogP contribution < -0.4 is 11.1 Å². The monoisotopic (exact) mass is 259 g/mol. The summed E-state index contributed by atoms with van der Waals surface area (Å²) in [6, 6.07) is 5.13. The van der Waals surface area contributed by atoms with E-state index in [0.717, 1.165) is 0 Å². The van der Waals surface area contributed by atoms with Crippen LogP contribution in [-0.2, 0) is 4.79 Å². The van der Waals surface area contributed by atoms with Crippen LogP contribution in [0.2, 0.25) is 0 Å². The zero-order valence-electron chi connectivity index (χ0n) is 9.25. The van der Waals surface area contributed by atoms with Gasteiger partial charge in [0.25, 0.3) is 5.69 Å². The Morgan fingerprint density at radius 1 is 1.59 bits per heavy atom. The van der Waals surface area contributed by atoms with Gasteiger partial charge in [-0.05, 0) is 12.5 Å². The quantitative estimate of drug-likeness (QED) is 0.635. The second-order valence-electron chi connectivity index (χ2n) is 3.31. The van der Waals surface area contributed by atoms with Crippen LogP contribution in [0.3, 0.4) is 0 Å². The van der Waals surface area contributed by atoms with Crippen molar-refractivity contribution in [1.29, 1.82) is 0 Å². The summed E-state index contributed by atoms with van der Waals surface area (Å²) in [7, 11) is 0. The lowest BCUT2D eigenvalue weighted by Gasteiger charge is -2.09. The maximum Gasteiger partial charge on any atom is 0.271 e. The average Bonchev–Trinajstić information content (AvgIpc) is 2.28. The molecule has 0 saturated heterocycles. The fourth-order valence-electron chi connectivity index (χ4n) is 1.12. The molecule has 1 aromatic rings. The number of nitro groups is 1. The molecule has 0 saturated carbocycles. The molecule has 17 heavy (non-hydrogen) atoms. The molecule has 0 aliphatic rings. The van der Waals surface area contributed by atoms with E-state index in [1.807, 2.05) is 0 Å². The molecule has 7 heteroatoms. The number of hydrogen-bond donors (Lipinski definition) is 2. The van der Waals surface area contributed by atoms with Gasteiger partial charge in [0, 0.05) is 17.8 Å². The van der Waals surface area contributed by atoms with Crippen LogP contribution in [0.15, 0.2) is 24.3 Å². The number of halogens is 1. The van der Waals surface area contributed by atoms with Crippen molar-refractivity contribution in [2.75, 3.05) is 5.32 Å². The van der Waals surface area contributed by atoms with Gasteiger partial charge >= 0.3 is 0 Å². The van der Waals surface area contributed by atoms with Crippen molar-refractivity contribution < 1.29 is 9.72 Å². The molecule has 1 aromatic carbocycles. The number of non-ortho nitro benzene ring substituents is 1. The van der Waals surface area contributed by atoms with Crippen molar-refractivity contribution >= 4 is 29.7 Å². The Morgan fingerprint density at radius 3 is 2.76 bits per heavy atom. The van der Waals surface area contributed by atoms with E-state index in [4.69, 9.17) is 5.73 Å². The van der Waals surface area contributed by atoms with E-state index in [1.165, 1.54) is 18.2 Å². The zero-order chi connectivity index (χ0) is 12.1. The molecule has 1 amide bonds. The lowest BCUT2D eigenvalue weighted by molar-refractivity contribution is -0.384. The highest BCUT2D eigenvalue weighted by Gasteiger charge is 2.12. The molecule has 0 unspecified atom stereocenters. The lowest BCUT2D eigenvalue weighted by Crippen LogP contribution is -2.34. The van der Waals surface area contributed by atoms with Crippen molar-refractivity contribution in [3.63, 3.8) is 0 Å². The second kappa shape index (κ2) is 6.82. The molecule has 0 aromatic heterocycles. The number of nitro benzene ring substituents is 1. The first-order chi connectivity index (χ1) is 7.54. The van der Waals surface area contributed by atoms with Crippen molar-refractivity contribution in [3.8, 4) is 0 Å². The summed E-state index contributed by atoms with van der Waals surface area (Å²) in [6.45, 7) is 1.79. The van der Waals surface area contributed by atoms with E-state index >= 15 is 0 Å². The number of carbonyl (C=O) groups is 1. The van der Waals surface area contributed by atoms with E-state index in [1.54, 1.807) is 13.0 Å². The highest BCUT2D eigenvalue weighted by Crippen LogP contribution is 2.17. The van der Waals surface area contributed by atoms with Crippen molar-refractivity contribution in [2.45, 2.75) is 19.4 Å². The molecule has 0 aliphatic carbocycles. The third-order valence-corrected chi connectivity index (χ3v) is 2.10. The second-order valence-corrected chi connectivity index (χ2v) is 3.31. The first-order valence-electron chi connectivity index (χ1n) is 4.85. The van der Waals surface area contributed by atoms with E-state index in [0.29, 0.717) is 12.1 Å². The third-order valence-electron chi connectivity index (χ3n) is 2.10. The van der Waals surface area contributed by atoms with Gasteiger partial charge in [0.2, 0.25) is 5.91 Å². The summed E-state index contributed by atoms with van der Waals surface area (Å²) in [5, 5.41) is 13.0. The Morgan fingerprint density at radius 2 is 2.24 bits per heavy atom. The zero-order valence-corrected chi connectivity index (χ0v) is 10.1. The molecule has 0 bridgehead atoms. The Kier molecular flexibility index (Phi) is 6.16. The molecular formula is C10H14ClN3O3. The highest BCUT2D eigenvalue weighted by atomic mass is 35.5. The average molecular weight is 260 g/mol. The Balaban J connectivity index is 0.00000256. The lowest BCUT2D eigenvalue weighted by atomic mass is 10.2. The summed E-state index contributed by atoms with van der Waals surface area (Å²) in [4.78, 5) is 21.4. The topological polar surface area (TPSA) is 98.3 Å². The number of nitrogens with zero attached hydrogens (tertiary/aromatic N) is 1. The van der Waals surface area contributed by atoms with Crippen molar-refractivity contribution in [2.24, 2.45) is 5.73 Å². The van der Waals surface area contributed by atoms with Gasteiger partial charge < -0.3 is 11.1 Å². The summed E-state index contributed by atoms with van der Waals surface area (Å²) in [5.74, 6) is -0.344. The minimum absolute atomic E-state index is 0. The molecule has 1 rings (SSSR count). The van der Waals surface area contributed by atoms with E-state index in [-0.39, 0.29) is 24.0 Å². The number of nitrogens with two attached hydrogens (primary N) is 1. The normalized spacial score (nSPS) is 11.2. The standard InChI is InChI=1S/C10H13N3O3.ClH/c1-2-9(11)10(14)12-7-4-3-5-8(6-7)13(15)16;/h3-6,9H,2,11H2,1H3,(H,12,14);1H/t9-;/m0./s1. The number of anilines is 1. The van der Waals surface area contributed by atoms with Gasteiger partial charge in [0.05, 0.1) is 11.0 Å². The number of carbonyl (C=O) groups excluding carboxylic acids is 1. The molecule has 0 heterocycles. The fraction of sp³-hybridized carbons (Fsp3) is 0.300. The first kappa shape index (κ1) is 15.3. The maximum atomic E-state index is 11.4. The molecule has 0 aliphatic heterocycles. The van der Waals surface area contributed by atoms with Gasteiger partial charge in [0.15, 0.2) is 0 Å². The number of rotatable bonds is 4. The van der Waals surface area contributed by atoms with Crippen LogP contribution in [-0.4, -0.2) is 16.9 Å². The van der Waals surface area contributed by atoms with Gasteiger partial charge in [0.1, 0.15) is 0 Å². The van der Waals surface area contributed by atoms with Gasteiger partial charge in [-0.25, -0.2) is 0 Å². The SMILES string of the molecule is CC[C@H](N)C(=O)Nc1cccc([N+](=O)[O-])c1.Cl.